The number of carbonyl (C=O) groups excluding carboxylic acids is 1. The normalized spacial score (nSPS) is 12.7. The number of nitrogens with zero attached hydrogens (tertiary/aromatic N) is 2. The van der Waals surface area contributed by atoms with E-state index in [4.69, 9.17) is 0 Å². The second-order valence-electron chi connectivity index (χ2n) is 7.21. The number of aryl methyl sites for hydroxylation is 1. The molecule has 1 heterocycles. The zero-order valence-electron chi connectivity index (χ0n) is 16.6. The maximum Gasteiger partial charge on any atom is 0.433 e. The number of aromatic nitrogens is 2. The average Bonchev–Trinajstić information content (AvgIpc) is 2.77. The number of thioether (sulfide) groups is 1. The van der Waals surface area contributed by atoms with E-state index < -0.39 is 11.9 Å². The molecule has 1 amide bonds. The Morgan fingerprint density at radius 1 is 1.00 bits per heavy atom. The molecule has 1 aliphatic rings. The van der Waals surface area contributed by atoms with E-state index in [-0.39, 0.29) is 28.8 Å². The van der Waals surface area contributed by atoms with Crippen LogP contribution in [0.4, 0.5) is 13.2 Å². The predicted octanol–water partition coefficient (Wildman–Crippen LogP) is 4.71. The van der Waals surface area contributed by atoms with Crippen molar-refractivity contribution >= 4 is 17.7 Å². The molecule has 0 saturated carbocycles. The van der Waals surface area contributed by atoms with E-state index in [9.17, 15) is 18.0 Å². The minimum absolute atomic E-state index is 0.0408. The first-order valence-corrected chi connectivity index (χ1v) is 10.9. The number of hydrogen-bond acceptors (Lipinski definition) is 4. The van der Waals surface area contributed by atoms with Gasteiger partial charge in [-0.1, -0.05) is 66.4 Å². The van der Waals surface area contributed by atoms with Crippen LogP contribution >= 0.6 is 11.8 Å². The van der Waals surface area contributed by atoms with Crippen molar-refractivity contribution < 1.29 is 18.0 Å². The van der Waals surface area contributed by atoms with Crippen molar-refractivity contribution in [2.24, 2.45) is 0 Å². The maximum absolute atomic E-state index is 13.7. The van der Waals surface area contributed by atoms with Gasteiger partial charge in [-0.3, -0.25) is 4.79 Å². The largest absolute Gasteiger partial charge is 0.433 e. The first-order chi connectivity index (χ1) is 14.9. The van der Waals surface area contributed by atoms with Crippen molar-refractivity contribution in [2.45, 2.75) is 30.6 Å². The van der Waals surface area contributed by atoms with Crippen LogP contribution in [0, 0.1) is 0 Å². The van der Waals surface area contributed by atoms with Gasteiger partial charge in [0, 0.05) is 17.7 Å². The maximum atomic E-state index is 13.7. The number of fused-ring (bicyclic) bond motifs is 3. The molecule has 0 unspecified atom stereocenters. The lowest BCUT2D eigenvalue weighted by atomic mass is 9.88. The summed E-state index contributed by atoms with van der Waals surface area (Å²) in [7, 11) is 0. The van der Waals surface area contributed by atoms with Crippen LogP contribution in [0.5, 0.6) is 0 Å². The Morgan fingerprint density at radius 3 is 2.52 bits per heavy atom. The molecule has 1 aromatic heterocycles. The van der Waals surface area contributed by atoms with Crippen LogP contribution in [0.2, 0.25) is 0 Å². The van der Waals surface area contributed by atoms with Crippen molar-refractivity contribution in [1.29, 1.82) is 0 Å². The molecule has 1 N–H and O–H groups in total. The van der Waals surface area contributed by atoms with E-state index in [1.165, 1.54) is 0 Å². The first-order valence-electron chi connectivity index (χ1n) is 9.91. The highest BCUT2D eigenvalue weighted by molar-refractivity contribution is 7.99. The smallest absolute Gasteiger partial charge is 0.355 e. The zero-order chi connectivity index (χ0) is 21.8. The molecule has 160 valence electrons. The van der Waals surface area contributed by atoms with Gasteiger partial charge in [0.2, 0.25) is 5.91 Å². The summed E-state index contributed by atoms with van der Waals surface area (Å²) in [6, 6.07) is 17.1. The molecular formula is C23H20F3N3OS. The highest BCUT2D eigenvalue weighted by atomic mass is 32.2. The molecular weight excluding hydrogens is 423 g/mol. The third-order valence-electron chi connectivity index (χ3n) is 5.08. The topological polar surface area (TPSA) is 54.9 Å². The minimum Gasteiger partial charge on any atom is -0.355 e. The Hall–Kier alpha value is -2.87. The number of alkyl halides is 3. The van der Waals surface area contributed by atoms with Crippen molar-refractivity contribution in [3.05, 3.63) is 77.0 Å². The van der Waals surface area contributed by atoms with E-state index in [2.05, 4.69) is 15.3 Å². The van der Waals surface area contributed by atoms with Crippen molar-refractivity contribution in [3.63, 3.8) is 0 Å². The molecule has 4 nitrogen and oxygen atoms in total. The number of halogens is 3. The van der Waals surface area contributed by atoms with Crippen LogP contribution in [0.3, 0.4) is 0 Å². The lowest BCUT2D eigenvalue weighted by molar-refractivity contribution is -0.142. The van der Waals surface area contributed by atoms with Gasteiger partial charge in [0.25, 0.3) is 0 Å². The summed E-state index contributed by atoms with van der Waals surface area (Å²) in [5.41, 5.74) is 2.31. The molecule has 0 bridgehead atoms. The van der Waals surface area contributed by atoms with Gasteiger partial charge >= 0.3 is 6.18 Å². The Kier molecular flexibility index (Phi) is 6.27. The van der Waals surface area contributed by atoms with Gasteiger partial charge < -0.3 is 5.32 Å². The van der Waals surface area contributed by atoms with Crippen LogP contribution in [-0.4, -0.2) is 28.2 Å². The monoisotopic (exact) mass is 443 g/mol. The Bertz CT molecular complexity index is 1090. The van der Waals surface area contributed by atoms with Gasteiger partial charge in [-0.2, -0.15) is 13.2 Å². The number of carbonyl (C=O) groups is 1. The molecule has 0 fully saturated rings. The minimum atomic E-state index is -4.58. The SMILES string of the molecule is O=C(CSc1nc2c(c(C(F)(F)F)n1)CCc1ccccc1-2)NCCc1ccccc1. The predicted molar refractivity (Wildman–Crippen MR) is 114 cm³/mol. The van der Waals surface area contributed by atoms with E-state index in [0.717, 1.165) is 22.9 Å². The number of rotatable bonds is 6. The van der Waals surface area contributed by atoms with Crippen LogP contribution in [0.15, 0.2) is 59.8 Å². The van der Waals surface area contributed by atoms with Crippen LogP contribution < -0.4 is 5.32 Å². The molecule has 8 heteroatoms. The van der Waals surface area contributed by atoms with Crippen molar-refractivity contribution in [1.82, 2.24) is 15.3 Å². The molecule has 4 rings (SSSR count). The fourth-order valence-electron chi connectivity index (χ4n) is 3.62. The van der Waals surface area contributed by atoms with Crippen LogP contribution in [0.1, 0.15) is 22.4 Å². The fraction of sp³-hybridized carbons (Fsp3) is 0.261. The summed E-state index contributed by atoms with van der Waals surface area (Å²) in [5, 5.41) is 2.75. The van der Waals surface area contributed by atoms with E-state index >= 15 is 0 Å². The van der Waals surface area contributed by atoms with E-state index in [1.54, 1.807) is 12.1 Å². The van der Waals surface area contributed by atoms with Gasteiger partial charge in [0.1, 0.15) is 0 Å². The molecule has 31 heavy (non-hydrogen) atoms. The van der Waals surface area contributed by atoms with Gasteiger partial charge in [-0.15, -0.1) is 0 Å². The number of hydrogen-bond donors (Lipinski definition) is 1. The molecule has 0 atom stereocenters. The van der Waals surface area contributed by atoms with Gasteiger partial charge in [-0.25, -0.2) is 9.97 Å². The van der Waals surface area contributed by atoms with Gasteiger partial charge in [0.15, 0.2) is 10.9 Å². The molecule has 1 aliphatic carbocycles. The lowest BCUT2D eigenvalue weighted by Crippen LogP contribution is -2.27. The van der Waals surface area contributed by atoms with E-state index in [0.29, 0.717) is 30.6 Å². The summed E-state index contributed by atoms with van der Waals surface area (Å²) in [4.78, 5) is 20.3. The highest BCUT2D eigenvalue weighted by Gasteiger charge is 2.38. The summed E-state index contributed by atoms with van der Waals surface area (Å²) in [5.74, 6) is -0.316. The number of amides is 1. The summed E-state index contributed by atoms with van der Waals surface area (Å²) >= 11 is 0.918. The van der Waals surface area contributed by atoms with Crippen molar-refractivity contribution in [2.75, 3.05) is 12.3 Å². The average molecular weight is 443 g/mol. The Labute approximate surface area is 182 Å². The lowest BCUT2D eigenvalue weighted by Gasteiger charge is -2.22. The quantitative estimate of drug-likeness (QED) is 0.443. The van der Waals surface area contributed by atoms with Crippen LogP contribution in [-0.2, 0) is 30.2 Å². The fourth-order valence-corrected chi connectivity index (χ4v) is 4.30. The molecule has 0 spiro atoms. The third-order valence-corrected chi connectivity index (χ3v) is 5.93. The van der Waals surface area contributed by atoms with Gasteiger partial charge in [0.05, 0.1) is 11.4 Å². The summed E-state index contributed by atoms with van der Waals surface area (Å²) in [6.07, 6.45) is -3.13. The number of benzene rings is 2. The zero-order valence-corrected chi connectivity index (χ0v) is 17.4. The molecule has 0 saturated heterocycles. The summed E-state index contributed by atoms with van der Waals surface area (Å²) < 4.78 is 41.0. The Morgan fingerprint density at radius 2 is 1.74 bits per heavy atom. The third kappa shape index (κ3) is 5.07. The summed E-state index contributed by atoms with van der Waals surface area (Å²) in [6.45, 7) is 0.454. The molecule has 0 aliphatic heterocycles. The van der Waals surface area contributed by atoms with E-state index in [1.807, 2.05) is 42.5 Å². The van der Waals surface area contributed by atoms with Crippen molar-refractivity contribution in [3.8, 4) is 11.3 Å². The standard InChI is InChI=1S/C23H20F3N3OS/c24-23(25,26)21-18-11-10-16-8-4-5-9-17(16)20(18)28-22(29-21)31-14-19(30)27-13-12-15-6-2-1-3-7-15/h1-9H,10-14H2,(H,27,30). The Balaban J connectivity index is 1.48. The second kappa shape index (κ2) is 9.09. The van der Waals surface area contributed by atoms with Crippen LogP contribution in [0.25, 0.3) is 11.3 Å². The molecule has 0 radical (unpaired) electrons. The second-order valence-corrected chi connectivity index (χ2v) is 8.15. The van der Waals surface area contributed by atoms with Gasteiger partial charge in [-0.05, 0) is 30.4 Å². The first kappa shape index (κ1) is 21.4. The molecule has 2 aromatic carbocycles. The number of nitrogens with one attached hydrogen (secondary N) is 1. The highest BCUT2D eigenvalue weighted by Crippen LogP contribution is 2.40. The molecule has 3 aromatic rings.